The van der Waals surface area contributed by atoms with Gasteiger partial charge in [-0.2, -0.15) is 5.10 Å². The molecule has 0 saturated carbocycles. The van der Waals surface area contributed by atoms with E-state index in [9.17, 15) is 4.79 Å². The van der Waals surface area contributed by atoms with Gasteiger partial charge in [0, 0.05) is 48.3 Å². The fourth-order valence-corrected chi connectivity index (χ4v) is 3.08. The number of hydrogen-bond donors (Lipinski definition) is 0. The van der Waals surface area contributed by atoms with Gasteiger partial charge in [-0.05, 0) is 31.2 Å². The summed E-state index contributed by atoms with van der Waals surface area (Å²) in [4.78, 5) is 17.2. The van der Waals surface area contributed by atoms with Gasteiger partial charge < -0.3 is 9.30 Å². The van der Waals surface area contributed by atoms with Gasteiger partial charge in [-0.3, -0.25) is 9.08 Å². The Morgan fingerprint density at radius 3 is 2.52 bits per heavy atom. The third-order valence-electron chi connectivity index (χ3n) is 4.55. The van der Waals surface area contributed by atoms with Crippen molar-refractivity contribution in [3.63, 3.8) is 0 Å². The average Bonchev–Trinajstić information content (AvgIpc) is 3.23. The maximum Gasteiger partial charge on any atom is 0.333 e. The Morgan fingerprint density at radius 2 is 1.85 bits per heavy atom. The fourth-order valence-electron chi connectivity index (χ4n) is 2.95. The molecule has 0 fully saturated rings. The molecule has 0 radical (unpaired) electrons. The highest BCUT2D eigenvalue weighted by atomic mass is 35.5. The second kappa shape index (κ2) is 6.59. The maximum atomic E-state index is 12.5. The first-order valence-electron chi connectivity index (χ1n) is 8.39. The number of halogens is 1. The topological polar surface area (TPSA) is 66.3 Å². The molecule has 8 heteroatoms. The van der Waals surface area contributed by atoms with Crippen molar-refractivity contribution in [2.45, 2.75) is 13.5 Å². The third kappa shape index (κ3) is 3.10. The Bertz CT molecular complexity index is 1190. The molecule has 0 aliphatic rings. The van der Waals surface area contributed by atoms with E-state index >= 15 is 0 Å². The molecule has 1 aromatic carbocycles. The average molecular weight is 384 g/mol. The van der Waals surface area contributed by atoms with Crippen molar-refractivity contribution in [1.82, 2.24) is 23.7 Å². The quantitative estimate of drug-likeness (QED) is 0.543. The lowest BCUT2D eigenvalue weighted by Crippen LogP contribution is -2.23. The molecule has 0 saturated heterocycles. The summed E-state index contributed by atoms with van der Waals surface area (Å²) in [6.07, 6.45) is 5.29. The first-order chi connectivity index (χ1) is 12.9. The minimum Gasteiger partial charge on any atom is -0.487 e. The van der Waals surface area contributed by atoms with Crippen molar-refractivity contribution >= 4 is 17.2 Å². The van der Waals surface area contributed by atoms with Crippen molar-refractivity contribution in [3.8, 4) is 16.9 Å². The van der Waals surface area contributed by atoms with Gasteiger partial charge in [0.1, 0.15) is 12.4 Å². The Morgan fingerprint density at radius 1 is 1.11 bits per heavy atom. The van der Waals surface area contributed by atoms with E-state index in [1.54, 1.807) is 63.6 Å². The molecule has 0 N–H and O–H groups in total. The summed E-state index contributed by atoms with van der Waals surface area (Å²) in [5, 5.41) is 4.95. The van der Waals surface area contributed by atoms with E-state index < -0.39 is 0 Å². The Hall–Kier alpha value is -3.06. The summed E-state index contributed by atoms with van der Waals surface area (Å²) in [6.45, 7) is 2.23. The van der Waals surface area contributed by atoms with Gasteiger partial charge in [-0.15, -0.1) is 0 Å². The second-order valence-corrected chi connectivity index (χ2v) is 6.81. The predicted octanol–water partition coefficient (Wildman–Crippen LogP) is 2.97. The van der Waals surface area contributed by atoms with Crippen LogP contribution in [0.2, 0.25) is 5.02 Å². The Kier molecular flexibility index (Phi) is 4.24. The molecule has 0 aliphatic carbocycles. The van der Waals surface area contributed by atoms with Crippen molar-refractivity contribution in [1.29, 1.82) is 0 Å². The van der Waals surface area contributed by atoms with Crippen LogP contribution in [-0.4, -0.2) is 23.7 Å². The number of fused-ring (bicyclic) bond motifs is 1. The second-order valence-electron chi connectivity index (χ2n) is 6.37. The number of ether oxygens (including phenoxy) is 1. The SMILES string of the molecule is Cc1c(-c2cn(C)c(=O)n3cc(COc4ccc(Cl)cc4)nc23)cnn1C. The largest absolute Gasteiger partial charge is 0.487 e. The lowest BCUT2D eigenvalue weighted by Gasteiger charge is -2.06. The summed E-state index contributed by atoms with van der Waals surface area (Å²) in [5.41, 5.74) is 3.87. The van der Waals surface area contributed by atoms with Crippen LogP contribution in [0.15, 0.2) is 47.7 Å². The van der Waals surface area contributed by atoms with Crippen LogP contribution in [0.3, 0.4) is 0 Å². The van der Waals surface area contributed by atoms with Crippen LogP contribution in [0.4, 0.5) is 0 Å². The maximum absolute atomic E-state index is 12.5. The van der Waals surface area contributed by atoms with Gasteiger partial charge in [0.05, 0.1) is 11.9 Å². The van der Waals surface area contributed by atoms with Crippen LogP contribution in [0, 0.1) is 6.92 Å². The molecule has 0 atom stereocenters. The number of benzene rings is 1. The lowest BCUT2D eigenvalue weighted by molar-refractivity contribution is 0.302. The first kappa shape index (κ1) is 17.4. The number of aromatic nitrogens is 5. The molecular weight excluding hydrogens is 366 g/mol. The highest BCUT2D eigenvalue weighted by Crippen LogP contribution is 2.26. The van der Waals surface area contributed by atoms with E-state index in [-0.39, 0.29) is 12.3 Å². The molecule has 4 rings (SSSR count). The minimum absolute atomic E-state index is 0.166. The van der Waals surface area contributed by atoms with E-state index in [2.05, 4.69) is 10.1 Å². The number of aryl methyl sites for hydroxylation is 2. The van der Waals surface area contributed by atoms with E-state index in [0.717, 1.165) is 16.8 Å². The standard InChI is InChI=1S/C19H18ClN5O2/c1-12-16(8-21-24(12)3)17-10-23(2)19(26)25-9-14(22-18(17)25)11-27-15-6-4-13(20)5-7-15/h4-10H,11H2,1-3H3. The summed E-state index contributed by atoms with van der Waals surface area (Å²) >= 11 is 5.89. The summed E-state index contributed by atoms with van der Waals surface area (Å²) < 4.78 is 10.6. The van der Waals surface area contributed by atoms with Crippen LogP contribution in [0.5, 0.6) is 5.75 Å². The molecule has 0 spiro atoms. The summed E-state index contributed by atoms with van der Waals surface area (Å²) in [7, 11) is 3.61. The van der Waals surface area contributed by atoms with E-state index in [1.807, 2.05) is 14.0 Å². The van der Waals surface area contributed by atoms with Gasteiger partial charge >= 0.3 is 5.69 Å². The summed E-state index contributed by atoms with van der Waals surface area (Å²) in [5.74, 6) is 0.688. The normalized spacial score (nSPS) is 11.3. The summed E-state index contributed by atoms with van der Waals surface area (Å²) in [6, 6.07) is 7.11. The van der Waals surface area contributed by atoms with Crippen molar-refractivity contribution in [2.24, 2.45) is 14.1 Å². The smallest absolute Gasteiger partial charge is 0.333 e. The third-order valence-corrected chi connectivity index (χ3v) is 4.81. The van der Waals surface area contributed by atoms with Gasteiger partial charge in [-0.25, -0.2) is 9.78 Å². The molecule has 0 bridgehead atoms. The van der Waals surface area contributed by atoms with E-state index in [4.69, 9.17) is 16.3 Å². The van der Waals surface area contributed by atoms with Crippen molar-refractivity contribution < 1.29 is 4.74 Å². The molecule has 3 heterocycles. The van der Waals surface area contributed by atoms with Crippen LogP contribution in [0.1, 0.15) is 11.4 Å². The van der Waals surface area contributed by atoms with Gasteiger partial charge in [-0.1, -0.05) is 11.6 Å². The highest BCUT2D eigenvalue weighted by Gasteiger charge is 2.16. The zero-order chi connectivity index (χ0) is 19.1. The van der Waals surface area contributed by atoms with Crippen molar-refractivity contribution in [2.75, 3.05) is 0 Å². The van der Waals surface area contributed by atoms with Crippen molar-refractivity contribution in [3.05, 3.63) is 69.8 Å². The molecule has 3 aromatic heterocycles. The Labute approximate surface area is 160 Å². The molecule has 7 nitrogen and oxygen atoms in total. The van der Waals surface area contributed by atoms with Crippen LogP contribution < -0.4 is 10.4 Å². The number of hydrogen-bond acceptors (Lipinski definition) is 4. The molecule has 27 heavy (non-hydrogen) atoms. The van der Waals surface area contributed by atoms with Crippen LogP contribution >= 0.6 is 11.6 Å². The molecule has 4 aromatic rings. The monoisotopic (exact) mass is 383 g/mol. The zero-order valence-corrected chi connectivity index (χ0v) is 15.9. The van der Waals surface area contributed by atoms with Gasteiger partial charge in [0.2, 0.25) is 0 Å². The number of rotatable bonds is 4. The van der Waals surface area contributed by atoms with Crippen LogP contribution in [0.25, 0.3) is 16.8 Å². The first-order valence-corrected chi connectivity index (χ1v) is 8.77. The lowest BCUT2D eigenvalue weighted by atomic mass is 10.1. The number of imidazole rings is 1. The highest BCUT2D eigenvalue weighted by molar-refractivity contribution is 6.30. The van der Waals surface area contributed by atoms with E-state index in [0.29, 0.717) is 22.1 Å². The van der Waals surface area contributed by atoms with Gasteiger partial charge in [0.15, 0.2) is 5.65 Å². The number of nitrogens with zero attached hydrogens (tertiary/aromatic N) is 5. The van der Waals surface area contributed by atoms with E-state index in [1.165, 1.54) is 0 Å². The molecule has 138 valence electrons. The Balaban J connectivity index is 1.75. The fraction of sp³-hybridized carbons (Fsp3) is 0.211. The molecule has 0 unspecified atom stereocenters. The molecular formula is C19H18ClN5O2. The minimum atomic E-state index is -0.166. The molecule has 0 aliphatic heterocycles. The predicted molar refractivity (Wildman–Crippen MR) is 103 cm³/mol. The molecule has 0 amide bonds. The zero-order valence-electron chi connectivity index (χ0n) is 15.2. The van der Waals surface area contributed by atoms with Gasteiger partial charge in [0.25, 0.3) is 0 Å². The van der Waals surface area contributed by atoms with Crippen LogP contribution in [-0.2, 0) is 20.7 Å².